The van der Waals surface area contributed by atoms with E-state index in [1.54, 1.807) is 0 Å². The maximum absolute atomic E-state index is 13.7. The molecule has 1 aliphatic carbocycles. The minimum Gasteiger partial charge on any atom is -0.368 e. The molecule has 1 atom stereocenters. The first kappa shape index (κ1) is 19.3. The van der Waals surface area contributed by atoms with Crippen LogP contribution in [0.15, 0.2) is 42.5 Å². The van der Waals surface area contributed by atoms with Crippen LogP contribution in [0.4, 0.5) is 22.0 Å². The van der Waals surface area contributed by atoms with Crippen molar-refractivity contribution in [1.29, 1.82) is 0 Å². The van der Waals surface area contributed by atoms with E-state index in [0.717, 1.165) is 12.1 Å². The predicted octanol–water partition coefficient (Wildman–Crippen LogP) is 3.83. The van der Waals surface area contributed by atoms with Gasteiger partial charge in [0.2, 0.25) is 5.91 Å². The zero-order valence-electron chi connectivity index (χ0n) is 14.1. The third-order valence-corrected chi connectivity index (χ3v) is 4.82. The summed E-state index contributed by atoms with van der Waals surface area (Å²) < 4.78 is 65.7. The molecule has 8 heteroatoms. The summed E-state index contributed by atoms with van der Waals surface area (Å²) in [5.74, 6) is -2.14. The Bertz CT molecular complexity index is 844. The summed E-state index contributed by atoms with van der Waals surface area (Å²) in [5.41, 5.74) is 4.32. The van der Waals surface area contributed by atoms with Crippen molar-refractivity contribution in [2.45, 2.75) is 30.5 Å². The van der Waals surface area contributed by atoms with Crippen LogP contribution < -0.4 is 11.1 Å². The third-order valence-electron chi connectivity index (χ3n) is 4.82. The smallest absolute Gasteiger partial charge is 0.368 e. The lowest BCUT2D eigenvalue weighted by Crippen LogP contribution is -2.38. The first-order valence-corrected chi connectivity index (χ1v) is 8.27. The molecule has 0 radical (unpaired) electrons. The van der Waals surface area contributed by atoms with Crippen molar-refractivity contribution >= 4 is 5.91 Å². The van der Waals surface area contributed by atoms with E-state index in [0.29, 0.717) is 24.5 Å². The highest BCUT2D eigenvalue weighted by Crippen LogP contribution is 2.49. The molecule has 0 bridgehead atoms. The molecule has 1 aliphatic rings. The van der Waals surface area contributed by atoms with Gasteiger partial charge in [-0.3, -0.25) is 4.79 Å². The molecular formula is C19H17F5N2O. The maximum atomic E-state index is 13.7. The molecule has 0 spiro atoms. The van der Waals surface area contributed by atoms with Gasteiger partial charge in [0.25, 0.3) is 0 Å². The number of halogens is 5. The number of rotatable bonds is 6. The SMILES string of the molecule is NC(=O)C(NCC1(c2cc(F)cc(C(F)(F)F)c2)CC1)c1ccc(F)cc1. The Morgan fingerprint density at radius 3 is 2.22 bits per heavy atom. The van der Waals surface area contributed by atoms with Gasteiger partial charge in [0, 0.05) is 12.0 Å². The van der Waals surface area contributed by atoms with Crippen LogP contribution in [-0.4, -0.2) is 12.5 Å². The van der Waals surface area contributed by atoms with Gasteiger partial charge in [-0.1, -0.05) is 12.1 Å². The molecule has 1 fully saturated rings. The van der Waals surface area contributed by atoms with E-state index in [2.05, 4.69) is 5.32 Å². The largest absolute Gasteiger partial charge is 0.416 e. The standard InChI is InChI=1S/C19H17F5N2O/c20-14-3-1-11(2-4-14)16(17(25)27)26-10-18(5-6-18)12-7-13(19(22,23)24)9-15(21)8-12/h1-4,7-9,16,26H,5-6,10H2,(H2,25,27). The topological polar surface area (TPSA) is 55.1 Å². The second-order valence-corrected chi connectivity index (χ2v) is 6.77. The van der Waals surface area contributed by atoms with Gasteiger partial charge >= 0.3 is 6.18 Å². The molecule has 0 aromatic heterocycles. The molecule has 2 aromatic rings. The van der Waals surface area contributed by atoms with Gasteiger partial charge in [-0.2, -0.15) is 13.2 Å². The Kier molecular flexibility index (Phi) is 4.94. The van der Waals surface area contributed by atoms with Gasteiger partial charge in [-0.25, -0.2) is 8.78 Å². The van der Waals surface area contributed by atoms with Crippen molar-refractivity contribution in [2.75, 3.05) is 6.54 Å². The van der Waals surface area contributed by atoms with Crippen molar-refractivity contribution in [3.8, 4) is 0 Å². The molecule has 3 nitrogen and oxygen atoms in total. The molecular weight excluding hydrogens is 367 g/mol. The lowest BCUT2D eigenvalue weighted by molar-refractivity contribution is -0.137. The van der Waals surface area contributed by atoms with Crippen molar-refractivity contribution < 1.29 is 26.7 Å². The van der Waals surface area contributed by atoms with Crippen LogP contribution >= 0.6 is 0 Å². The van der Waals surface area contributed by atoms with E-state index in [9.17, 15) is 26.7 Å². The van der Waals surface area contributed by atoms with Gasteiger partial charge in [0.15, 0.2) is 0 Å². The number of primary amides is 1. The number of nitrogens with one attached hydrogen (secondary N) is 1. The van der Waals surface area contributed by atoms with Crippen LogP contribution in [0, 0.1) is 11.6 Å². The van der Waals surface area contributed by atoms with E-state index in [1.807, 2.05) is 0 Å². The molecule has 1 unspecified atom stereocenters. The number of hydrogen-bond donors (Lipinski definition) is 2. The first-order chi connectivity index (χ1) is 12.6. The molecule has 1 amide bonds. The summed E-state index contributed by atoms with van der Waals surface area (Å²) in [4.78, 5) is 11.8. The van der Waals surface area contributed by atoms with Crippen LogP contribution in [-0.2, 0) is 16.4 Å². The van der Waals surface area contributed by atoms with Gasteiger partial charge in [0.1, 0.15) is 17.7 Å². The Morgan fingerprint density at radius 2 is 1.70 bits per heavy atom. The highest BCUT2D eigenvalue weighted by Gasteiger charge is 2.46. The highest BCUT2D eigenvalue weighted by atomic mass is 19.4. The van der Waals surface area contributed by atoms with Crippen LogP contribution in [0.25, 0.3) is 0 Å². The Morgan fingerprint density at radius 1 is 1.07 bits per heavy atom. The van der Waals surface area contributed by atoms with Crippen LogP contribution in [0.5, 0.6) is 0 Å². The molecule has 3 N–H and O–H groups in total. The summed E-state index contributed by atoms with van der Waals surface area (Å²) in [6.45, 7) is 0.138. The average molecular weight is 384 g/mol. The Balaban J connectivity index is 1.81. The number of alkyl halides is 3. The van der Waals surface area contributed by atoms with Crippen molar-refractivity contribution in [3.63, 3.8) is 0 Å². The highest BCUT2D eigenvalue weighted by molar-refractivity contribution is 5.81. The average Bonchev–Trinajstić information content (AvgIpc) is 3.36. The van der Waals surface area contributed by atoms with Gasteiger partial charge < -0.3 is 11.1 Å². The minimum atomic E-state index is -4.65. The van der Waals surface area contributed by atoms with E-state index in [4.69, 9.17) is 5.73 Å². The fourth-order valence-electron chi connectivity index (χ4n) is 3.11. The van der Waals surface area contributed by atoms with E-state index >= 15 is 0 Å². The second-order valence-electron chi connectivity index (χ2n) is 6.77. The summed E-state index contributed by atoms with van der Waals surface area (Å²) in [5, 5.41) is 2.93. The van der Waals surface area contributed by atoms with E-state index in [-0.39, 0.29) is 12.1 Å². The molecule has 3 rings (SSSR count). The monoisotopic (exact) mass is 384 g/mol. The lowest BCUT2D eigenvalue weighted by Gasteiger charge is -2.22. The van der Waals surface area contributed by atoms with Crippen LogP contribution in [0.2, 0.25) is 0 Å². The Hall–Kier alpha value is -2.48. The minimum absolute atomic E-state index is 0.138. The summed E-state index contributed by atoms with van der Waals surface area (Å²) in [6.07, 6.45) is -3.55. The van der Waals surface area contributed by atoms with Crippen LogP contribution in [0.1, 0.15) is 35.6 Å². The first-order valence-electron chi connectivity index (χ1n) is 8.27. The van der Waals surface area contributed by atoms with Crippen molar-refractivity contribution in [1.82, 2.24) is 5.32 Å². The predicted molar refractivity (Wildman–Crippen MR) is 88.7 cm³/mol. The molecule has 1 saturated carbocycles. The van der Waals surface area contributed by atoms with Gasteiger partial charge in [0.05, 0.1) is 5.56 Å². The number of benzene rings is 2. The molecule has 0 heterocycles. The molecule has 0 aliphatic heterocycles. The third kappa shape index (κ3) is 4.27. The quantitative estimate of drug-likeness (QED) is 0.744. The number of carbonyl (C=O) groups is 1. The molecule has 2 aromatic carbocycles. The molecule has 144 valence electrons. The molecule has 27 heavy (non-hydrogen) atoms. The van der Waals surface area contributed by atoms with Gasteiger partial charge in [-0.15, -0.1) is 0 Å². The maximum Gasteiger partial charge on any atom is 0.416 e. The van der Waals surface area contributed by atoms with E-state index < -0.39 is 40.7 Å². The zero-order chi connectivity index (χ0) is 19.8. The number of amides is 1. The number of nitrogens with two attached hydrogens (primary N) is 1. The second kappa shape index (κ2) is 6.92. The number of carbonyl (C=O) groups excluding carboxylic acids is 1. The zero-order valence-corrected chi connectivity index (χ0v) is 14.1. The van der Waals surface area contributed by atoms with E-state index in [1.165, 1.54) is 24.3 Å². The van der Waals surface area contributed by atoms with Gasteiger partial charge in [-0.05, 0) is 54.3 Å². The normalized spacial score (nSPS) is 16.8. The fourth-order valence-corrected chi connectivity index (χ4v) is 3.11. The van der Waals surface area contributed by atoms with Crippen molar-refractivity contribution in [2.24, 2.45) is 5.73 Å². The summed E-state index contributed by atoms with van der Waals surface area (Å²) in [6, 6.07) is 6.72. The summed E-state index contributed by atoms with van der Waals surface area (Å²) >= 11 is 0. The number of hydrogen-bond acceptors (Lipinski definition) is 2. The van der Waals surface area contributed by atoms with Crippen molar-refractivity contribution in [3.05, 3.63) is 70.8 Å². The lowest BCUT2D eigenvalue weighted by atomic mass is 9.93. The molecule has 0 saturated heterocycles. The Labute approximate surface area is 152 Å². The van der Waals surface area contributed by atoms with Crippen LogP contribution in [0.3, 0.4) is 0 Å². The summed E-state index contributed by atoms with van der Waals surface area (Å²) in [7, 11) is 0. The fraction of sp³-hybridized carbons (Fsp3) is 0.316.